The monoisotopic (exact) mass is 785 g/mol. The fraction of sp³-hybridized carbons (Fsp3) is 0.771. The van der Waals surface area contributed by atoms with Crippen molar-refractivity contribution in [3.63, 3.8) is 0 Å². The van der Waals surface area contributed by atoms with Crippen molar-refractivity contribution in [2.75, 3.05) is 32.8 Å². The van der Waals surface area contributed by atoms with E-state index in [2.05, 4.69) is 36.9 Å². The van der Waals surface area contributed by atoms with Crippen molar-refractivity contribution in [2.45, 2.75) is 134 Å². The van der Waals surface area contributed by atoms with Crippen molar-refractivity contribution in [2.24, 2.45) is 39.6 Å². The average Bonchev–Trinajstić information content (AvgIpc) is 3.14. The van der Waals surface area contributed by atoms with Gasteiger partial charge in [-0.25, -0.2) is 0 Å². The van der Waals surface area contributed by atoms with Gasteiger partial charge in [-0.05, 0) is 76.8 Å². The molecule has 0 spiro atoms. The van der Waals surface area contributed by atoms with E-state index < -0.39 is 78.3 Å². The summed E-state index contributed by atoms with van der Waals surface area (Å²) >= 11 is 0. The lowest BCUT2D eigenvalue weighted by molar-refractivity contribution is -0.136. The fourth-order valence-electron chi connectivity index (χ4n) is 5.38. The first-order valence-electron chi connectivity index (χ1n) is 19.2. The summed E-state index contributed by atoms with van der Waals surface area (Å²) in [6.07, 6.45) is 5.29. The van der Waals surface area contributed by atoms with Crippen LogP contribution in [-0.2, 0) is 33.6 Å². The van der Waals surface area contributed by atoms with Gasteiger partial charge < -0.3 is 70.5 Å². The fourth-order valence-corrected chi connectivity index (χ4v) is 5.38. The normalized spacial score (nSPS) is 14.3. The zero-order chi connectivity index (χ0) is 41.8. The molecule has 20 nitrogen and oxygen atoms in total. The lowest BCUT2D eigenvalue weighted by Gasteiger charge is -2.27. The smallest absolute Gasteiger partial charge is 0.245 e. The van der Waals surface area contributed by atoms with Crippen molar-refractivity contribution in [1.29, 1.82) is 0 Å². The number of amides is 6. The van der Waals surface area contributed by atoms with E-state index in [0.29, 0.717) is 70.7 Å². The molecule has 0 bridgehead atoms. The third-order valence-corrected chi connectivity index (χ3v) is 8.46. The van der Waals surface area contributed by atoms with Crippen LogP contribution in [0.2, 0.25) is 0 Å². The molecule has 6 amide bonds. The molecule has 0 rings (SSSR count). The molecule has 0 aliphatic carbocycles. The number of unbranched alkanes of at least 4 members (excludes halogenated alkanes) is 3. The molecule has 316 valence electrons. The van der Waals surface area contributed by atoms with Gasteiger partial charge in [-0.3, -0.25) is 33.8 Å². The third kappa shape index (κ3) is 22.5. The molecule has 55 heavy (non-hydrogen) atoms. The maximum absolute atomic E-state index is 13.6. The Morgan fingerprint density at radius 2 is 1.09 bits per heavy atom. The molecule has 0 aliphatic rings. The van der Waals surface area contributed by atoms with Crippen LogP contribution < -0.4 is 60.6 Å². The van der Waals surface area contributed by atoms with Crippen molar-refractivity contribution in [1.82, 2.24) is 31.9 Å². The summed E-state index contributed by atoms with van der Waals surface area (Å²) in [6, 6.07) is -6.82. The van der Waals surface area contributed by atoms with Crippen molar-refractivity contribution < 1.29 is 38.7 Å². The zero-order valence-electron chi connectivity index (χ0n) is 32.8. The Morgan fingerprint density at radius 3 is 1.58 bits per heavy atom. The number of carbonyl (C=O) groups excluding carboxylic acids is 7. The van der Waals surface area contributed by atoms with Gasteiger partial charge in [0.2, 0.25) is 35.4 Å². The molecule has 20 heteroatoms. The molecule has 0 heterocycles. The Balaban J connectivity index is 6.00. The summed E-state index contributed by atoms with van der Waals surface area (Å²) in [5, 5.41) is 25.6. The quantitative estimate of drug-likeness (QED) is 0.0141. The largest absolute Gasteiger partial charge is 0.394 e. The lowest BCUT2D eigenvalue weighted by Crippen LogP contribution is -2.60. The van der Waals surface area contributed by atoms with Gasteiger partial charge in [0, 0.05) is 6.54 Å². The maximum atomic E-state index is 13.6. The summed E-state index contributed by atoms with van der Waals surface area (Å²) in [5.41, 5.74) is 27.9. The predicted octanol–water partition coefficient (Wildman–Crippen LogP) is -3.41. The molecule has 0 saturated heterocycles. The van der Waals surface area contributed by atoms with E-state index in [1.54, 1.807) is 0 Å². The molecular weight excluding hydrogens is 716 g/mol. The Morgan fingerprint density at radius 1 is 0.636 bits per heavy atom. The first-order chi connectivity index (χ1) is 26.1. The standard InChI is InChI=1S/C35H68N12O8/c1-4-5-12-25(44-33(54)27(20-22(2)3)46-29(50)23(38)11-6-8-15-36)32(53)47-28(21-49)34(55)45-26(13-7-9-16-37)31(52)43-24(30(51)41-18-19-48)14-10-17-42-35(39)40/h19,22-28,49H,4-18,20-21,36-38H2,1-3H3,(H,41,51)(H,43,52)(H,44,54)(H,45,55)(H,46,50)(H,47,53)(H4,39,40,42)/t23-,24-,25-,26-,27-,28-/m0/s1. The summed E-state index contributed by atoms with van der Waals surface area (Å²) in [7, 11) is 0. The molecule has 0 saturated carbocycles. The minimum atomic E-state index is -1.53. The van der Waals surface area contributed by atoms with Crippen LogP contribution in [0.1, 0.15) is 97.8 Å². The summed E-state index contributed by atoms with van der Waals surface area (Å²) in [6.45, 7) is 5.45. The van der Waals surface area contributed by atoms with Gasteiger partial charge in [0.1, 0.15) is 36.5 Å². The first-order valence-corrected chi connectivity index (χ1v) is 19.2. The van der Waals surface area contributed by atoms with Gasteiger partial charge >= 0.3 is 0 Å². The highest BCUT2D eigenvalue weighted by molar-refractivity contribution is 5.96. The van der Waals surface area contributed by atoms with Gasteiger partial charge in [0.05, 0.1) is 19.2 Å². The highest BCUT2D eigenvalue weighted by Crippen LogP contribution is 2.10. The Kier molecular flexibility index (Phi) is 27.5. The summed E-state index contributed by atoms with van der Waals surface area (Å²) in [4.78, 5) is 94.4. The number of rotatable bonds is 31. The van der Waals surface area contributed by atoms with Crippen molar-refractivity contribution in [3.05, 3.63) is 0 Å². The third-order valence-electron chi connectivity index (χ3n) is 8.46. The molecule has 0 radical (unpaired) electrons. The number of aliphatic imine (C=N–C) groups is 1. The second-order valence-corrected chi connectivity index (χ2v) is 13.8. The molecule has 0 aromatic carbocycles. The molecule has 17 N–H and O–H groups in total. The van der Waals surface area contributed by atoms with Crippen LogP contribution in [0.5, 0.6) is 0 Å². The summed E-state index contributed by atoms with van der Waals surface area (Å²) < 4.78 is 0. The zero-order valence-corrected chi connectivity index (χ0v) is 32.8. The van der Waals surface area contributed by atoms with E-state index in [1.165, 1.54) is 0 Å². The van der Waals surface area contributed by atoms with Crippen LogP contribution >= 0.6 is 0 Å². The Hall–Kier alpha value is -4.40. The topological polar surface area (TPSA) is 354 Å². The second kappa shape index (κ2) is 29.9. The molecular formula is C35H68N12O8. The van der Waals surface area contributed by atoms with Crippen molar-refractivity contribution in [3.8, 4) is 0 Å². The van der Waals surface area contributed by atoms with Crippen molar-refractivity contribution >= 4 is 47.7 Å². The number of carbonyl (C=O) groups is 7. The molecule has 6 atom stereocenters. The first kappa shape index (κ1) is 50.6. The van der Waals surface area contributed by atoms with E-state index in [9.17, 15) is 38.7 Å². The number of aliphatic hydroxyl groups is 1. The summed E-state index contributed by atoms with van der Waals surface area (Å²) in [5.74, 6) is -4.30. The maximum Gasteiger partial charge on any atom is 0.245 e. The van der Waals surface area contributed by atoms with E-state index in [4.69, 9.17) is 28.7 Å². The number of hydrogen-bond acceptors (Lipinski definition) is 12. The molecule has 0 aliphatic heterocycles. The van der Waals surface area contributed by atoms with Gasteiger partial charge in [-0.2, -0.15) is 0 Å². The SMILES string of the molecule is CCCC[C@H](NC(=O)[C@H](CC(C)C)NC(=O)[C@@H](N)CCCCN)C(=O)N[C@@H](CO)C(=O)N[C@@H](CCCCN)C(=O)N[C@@H](CCCN=C(N)N)C(=O)NCC=O. The van der Waals surface area contributed by atoms with Crippen LogP contribution in [0.3, 0.4) is 0 Å². The van der Waals surface area contributed by atoms with Crippen LogP contribution in [0, 0.1) is 5.92 Å². The van der Waals surface area contributed by atoms with E-state index in [0.717, 1.165) is 0 Å². The van der Waals surface area contributed by atoms with E-state index in [1.807, 2.05) is 20.8 Å². The lowest BCUT2D eigenvalue weighted by atomic mass is 10.0. The van der Waals surface area contributed by atoms with E-state index in [-0.39, 0.29) is 50.7 Å². The number of nitrogens with one attached hydrogen (secondary N) is 6. The number of aliphatic hydroxyl groups excluding tert-OH is 1. The van der Waals surface area contributed by atoms with Gasteiger partial charge in [-0.1, -0.05) is 40.0 Å². The van der Waals surface area contributed by atoms with Gasteiger partial charge in [0.15, 0.2) is 5.96 Å². The van der Waals surface area contributed by atoms with Gasteiger partial charge in [0.25, 0.3) is 0 Å². The number of guanidine groups is 1. The van der Waals surface area contributed by atoms with Crippen LogP contribution in [0.25, 0.3) is 0 Å². The predicted molar refractivity (Wildman–Crippen MR) is 208 cm³/mol. The minimum absolute atomic E-state index is 0.00408. The number of hydrogen-bond donors (Lipinski definition) is 12. The van der Waals surface area contributed by atoms with E-state index >= 15 is 0 Å². The Bertz CT molecular complexity index is 1220. The highest BCUT2D eigenvalue weighted by atomic mass is 16.3. The number of nitrogens with two attached hydrogens (primary N) is 5. The van der Waals surface area contributed by atoms with Crippen LogP contribution in [0.15, 0.2) is 4.99 Å². The minimum Gasteiger partial charge on any atom is -0.394 e. The highest BCUT2D eigenvalue weighted by Gasteiger charge is 2.32. The van der Waals surface area contributed by atoms with Gasteiger partial charge in [-0.15, -0.1) is 0 Å². The average molecular weight is 785 g/mol. The molecule has 0 aromatic heterocycles. The Labute approximate surface area is 324 Å². The molecule has 0 unspecified atom stereocenters. The van der Waals surface area contributed by atoms with Crippen LogP contribution in [-0.4, -0.2) is 122 Å². The molecule has 0 fully saturated rings. The second-order valence-electron chi connectivity index (χ2n) is 13.8. The number of nitrogens with zero attached hydrogens (tertiary/aromatic N) is 1. The number of aldehydes is 1. The molecule has 0 aromatic rings. The van der Waals surface area contributed by atoms with Crippen LogP contribution in [0.4, 0.5) is 0 Å².